The fourth-order valence-electron chi connectivity index (χ4n) is 2.40. The molecule has 1 heterocycles. The summed E-state index contributed by atoms with van der Waals surface area (Å²) in [7, 11) is 0. The zero-order valence-corrected chi connectivity index (χ0v) is 8.56. The molecule has 0 radical (unpaired) electrons. The molecule has 0 amide bonds. The fourth-order valence-corrected chi connectivity index (χ4v) is 2.40. The van der Waals surface area contributed by atoms with Crippen molar-refractivity contribution in [2.75, 3.05) is 0 Å². The van der Waals surface area contributed by atoms with Gasteiger partial charge in [0.25, 0.3) is 0 Å². The van der Waals surface area contributed by atoms with Crippen LogP contribution in [-0.2, 0) is 0 Å². The highest BCUT2D eigenvalue weighted by Gasteiger charge is 2.43. The van der Waals surface area contributed by atoms with Crippen LogP contribution in [0.25, 0.3) is 0 Å². The monoisotopic (exact) mass is 191 g/mol. The molecule has 2 aliphatic rings. The zero-order chi connectivity index (χ0) is 9.71. The van der Waals surface area contributed by atoms with Crippen molar-refractivity contribution in [3.8, 4) is 0 Å². The van der Waals surface area contributed by atoms with Gasteiger partial charge in [0, 0.05) is 29.9 Å². The average molecular weight is 191 g/mol. The maximum atomic E-state index is 5.91. The molecule has 14 heavy (non-hydrogen) atoms. The summed E-state index contributed by atoms with van der Waals surface area (Å²) < 4.78 is 2.37. The van der Waals surface area contributed by atoms with Gasteiger partial charge in [0.2, 0.25) is 0 Å². The van der Waals surface area contributed by atoms with Crippen molar-refractivity contribution in [3.05, 3.63) is 18.2 Å². The van der Waals surface area contributed by atoms with Gasteiger partial charge < -0.3 is 10.3 Å². The Morgan fingerprint density at radius 3 is 2.93 bits per heavy atom. The van der Waals surface area contributed by atoms with Gasteiger partial charge in [-0.05, 0) is 32.1 Å². The molecule has 2 N–H and O–H groups in total. The molecule has 3 unspecified atom stereocenters. The Morgan fingerprint density at radius 2 is 2.36 bits per heavy atom. The molecule has 2 saturated carbocycles. The highest BCUT2D eigenvalue weighted by Crippen LogP contribution is 2.50. The molecule has 0 aromatic carbocycles. The van der Waals surface area contributed by atoms with Crippen LogP contribution in [0.1, 0.15) is 43.8 Å². The number of nitrogens with zero attached hydrogens (tertiary/aromatic N) is 2. The first-order valence-electron chi connectivity index (χ1n) is 5.54. The van der Waals surface area contributed by atoms with Crippen molar-refractivity contribution in [2.45, 2.75) is 44.2 Å². The van der Waals surface area contributed by atoms with Crippen LogP contribution in [0, 0.1) is 5.92 Å². The predicted molar refractivity (Wildman–Crippen MR) is 55.0 cm³/mol. The molecule has 1 aromatic rings. The molecule has 3 rings (SSSR count). The van der Waals surface area contributed by atoms with E-state index in [9.17, 15) is 0 Å². The quantitative estimate of drug-likeness (QED) is 0.789. The minimum atomic E-state index is 0.336. The fraction of sp³-hybridized carbons (Fsp3) is 0.727. The van der Waals surface area contributed by atoms with E-state index >= 15 is 0 Å². The Kier molecular flexibility index (Phi) is 1.71. The standard InChI is InChI=1S/C11H17N3/c1-7(12)9-4-10(9)11-5-13-6-14(11)8-2-3-8/h5-10H,2-4,12H2,1H3. The van der Waals surface area contributed by atoms with Gasteiger partial charge in [-0.15, -0.1) is 0 Å². The first-order chi connectivity index (χ1) is 6.77. The number of rotatable bonds is 3. The van der Waals surface area contributed by atoms with Gasteiger partial charge in [-0.3, -0.25) is 0 Å². The first kappa shape index (κ1) is 8.48. The number of nitrogens with two attached hydrogens (primary N) is 1. The van der Waals surface area contributed by atoms with E-state index in [4.69, 9.17) is 5.73 Å². The second-order valence-corrected chi connectivity index (χ2v) is 4.82. The summed E-state index contributed by atoms with van der Waals surface area (Å²) in [6.45, 7) is 2.11. The van der Waals surface area contributed by atoms with Gasteiger partial charge in [-0.25, -0.2) is 4.98 Å². The summed E-state index contributed by atoms with van der Waals surface area (Å²) in [4.78, 5) is 4.26. The van der Waals surface area contributed by atoms with Crippen LogP contribution >= 0.6 is 0 Å². The van der Waals surface area contributed by atoms with Crippen molar-refractivity contribution in [3.63, 3.8) is 0 Å². The van der Waals surface area contributed by atoms with Crippen LogP contribution in [0.15, 0.2) is 12.5 Å². The average Bonchev–Trinajstić information content (AvgIpc) is 3.05. The van der Waals surface area contributed by atoms with Crippen molar-refractivity contribution >= 4 is 0 Å². The Morgan fingerprint density at radius 1 is 1.57 bits per heavy atom. The maximum Gasteiger partial charge on any atom is 0.0950 e. The van der Waals surface area contributed by atoms with E-state index in [1.807, 2.05) is 12.5 Å². The first-order valence-corrected chi connectivity index (χ1v) is 5.54. The summed E-state index contributed by atoms with van der Waals surface area (Å²) in [5.41, 5.74) is 7.33. The highest BCUT2D eigenvalue weighted by atomic mass is 15.1. The smallest absolute Gasteiger partial charge is 0.0950 e. The van der Waals surface area contributed by atoms with Gasteiger partial charge >= 0.3 is 0 Å². The van der Waals surface area contributed by atoms with Gasteiger partial charge in [-0.1, -0.05) is 0 Å². The number of imidazole rings is 1. The molecule has 0 spiro atoms. The lowest BCUT2D eigenvalue weighted by molar-refractivity contribution is 0.609. The lowest BCUT2D eigenvalue weighted by Crippen LogP contribution is -2.18. The topological polar surface area (TPSA) is 43.8 Å². The number of hydrogen-bond donors (Lipinski definition) is 1. The Labute approximate surface area is 84.3 Å². The Hall–Kier alpha value is -0.830. The van der Waals surface area contributed by atoms with E-state index in [0.29, 0.717) is 17.9 Å². The summed E-state index contributed by atoms with van der Waals surface area (Å²) in [6, 6.07) is 1.09. The van der Waals surface area contributed by atoms with Crippen molar-refractivity contribution < 1.29 is 0 Å². The third-order valence-electron chi connectivity index (χ3n) is 3.53. The van der Waals surface area contributed by atoms with E-state index in [2.05, 4.69) is 16.5 Å². The molecular weight excluding hydrogens is 174 g/mol. The normalized spacial score (nSPS) is 33.0. The van der Waals surface area contributed by atoms with E-state index in [0.717, 1.165) is 6.04 Å². The van der Waals surface area contributed by atoms with Crippen molar-refractivity contribution in [1.82, 2.24) is 9.55 Å². The largest absolute Gasteiger partial charge is 0.331 e. The van der Waals surface area contributed by atoms with Crippen LogP contribution in [0.4, 0.5) is 0 Å². The molecule has 2 aliphatic carbocycles. The predicted octanol–water partition coefficient (Wildman–Crippen LogP) is 1.67. The molecule has 2 fully saturated rings. The third-order valence-corrected chi connectivity index (χ3v) is 3.53. The zero-order valence-electron chi connectivity index (χ0n) is 8.56. The molecule has 0 bridgehead atoms. The van der Waals surface area contributed by atoms with Gasteiger partial charge in [0.05, 0.1) is 6.33 Å². The summed E-state index contributed by atoms with van der Waals surface area (Å²) in [6.07, 6.45) is 7.95. The van der Waals surface area contributed by atoms with E-state index in [1.165, 1.54) is 25.0 Å². The second kappa shape index (κ2) is 2.83. The van der Waals surface area contributed by atoms with Crippen LogP contribution in [0.3, 0.4) is 0 Å². The summed E-state index contributed by atoms with van der Waals surface area (Å²) in [5.74, 6) is 1.39. The number of hydrogen-bond acceptors (Lipinski definition) is 2. The molecule has 3 heteroatoms. The summed E-state index contributed by atoms with van der Waals surface area (Å²) >= 11 is 0. The van der Waals surface area contributed by atoms with Crippen LogP contribution in [0.5, 0.6) is 0 Å². The van der Waals surface area contributed by atoms with Gasteiger partial charge in [-0.2, -0.15) is 0 Å². The lowest BCUT2D eigenvalue weighted by Gasteiger charge is -2.07. The SMILES string of the molecule is CC(N)C1CC1c1cncn1C1CC1. The van der Waals surface area contributed by atoms with Crippen molar-refractivity contribution in [1.29, 1.82) is 0 Å². The van der Waals surface area contributed by atoms with E-state index in [-0.39, 0.29) is 0 Å². The van der Waals surface area contributed by atoms with Crippen LogP contribution in [0.2, 0.25) is 0 Å². The highest BCUT2D eigenvalue weighted by molar-refractivity contribution is 5.19. The van der Waals surface area contributed by atoms with Crippen molar-refractivity contribution in [2.24, 2.45) is 11.7 Å². The second-order valence-electron chi connectivity index (χ2n) is 4.82. The minimum Gasteiger partial charge on any atom is -0.331 e. The van der Waals surface area contributed by atoms with Gasteiger partial charge in [0.1, 0.15) is 0 Å². The molecular formula is C11H17N3. The lowest BCUT2D eigenvalue weighted by atomic mass is 10.1. The molecule has 3 nitrogen and oxygen atoms in total. The van der Waals surface area contributed by atoms with E-state index in [1.54, 1.807) is 0 Å². The maximum absolute atomic E-state index is 5.91. The Balaban J connectivity index is 1.80. The Bertz CT molecular complexity index is 338. The molecule has 0 aliphatic heterocycles. The molecule has 3 atom stereocenters. The molecule has 0 saturated heterocycles. The number of aromatic nitrogens is 2. The molecule has 1 aromatic heterocycles. The third kappa shape index (κ3) is 1.27. The van der Waals surface area contributed by atoms with Gasteiger partial charge in [0.15, 0.2) is 0 Å². The summed E-state index contributed by atoms with van der Waals surface area (Å²) in [5, 5.41) is 0. The minimum absolute atomic E-state index is 0.336. The van der Waals surface area contributed by atoms with E-state index < -0.39 is 0 Å². The van der Waals surface area contributed by atoms with Crippen LogP contribution < -0.4 is 5.73 Å². The molecule has 76 valence electrons. The van der Waals surface area contributed by atoms with Crippen LogP contribution in [-0.4, -0.2) is 15.6 Å².